The Labute approximate surface area is 150 Å². The van der Waals surface area contributed by atoms with E-state index in [2.05, 4.69) is 10.1 Å². The fourth-order valence-electron chi connectivity index (χ4n) is 3.01. The zero-order valence-electron chi connectivity index (χ0n) is 13.4. The summed E-state index contributed by atoms with van der Waals surface area (Å²) in [5.74, 6) is -0.215. The van der Waals surface area contributed by atoms with Crippen molar-refractivity contribution in [3.8, 4) is 5.75 Å². The molecule has 4 nitrogen and oxygen atoms in total. The number of ether oxygens (including phenoxy) is 1. The van der Waals surface area contributed by atoms with E-state index in [1.165, 1.54) is 24.3 Å². The number of fused-ring (bicyclic) bond motifs is 1. The van der Waals surface area contributed by atoms with Gasteiger partial charge in [-0.25, -0.2) is 0 Å². The lowest BCUT2D eigenvalue weighted by Gasteiger charge is -2.26. The fourth-order valence-corrected chi connectivity index (χ4v) is 3.01. The van der Waals surface area contributed by atoms with Crippen molar-refractivity contribution < 1.29 is 18.3 Å². The normalized spacial score (nSPS) is 15.9. The standard InChI is InChI=1S/C18H18F2N2O2.ClH/c19-18(20)24-14-7-4-11(5-8-14)17(23)22-16-3-1-2-12-10-13(21)6-9-15(12)16;/h4-10,16,18H,1-3,21H2,(H,22,23);1H. The SMILES string of the molecule is Cl.Nc1ccc2c(c1)CCCC2NC(=O)c1ccc(OC(F)F)cc1. The lowest BCUT2D eigenvalue weighted by Crippen LogP contribution is -2.31. The monoisotopic (exact) mass is 368 g/mol. The minimum atomic E-state index is -2.88. The molecule has 1 amide bonds. The van der Waals surface area contributed by atoms with Crippen LogP contribution in [0.25, 0.3) is 0 Å². The van der Waals surface area contributed by atoms with Crippen molar-refractivity contribution in [2.24, 2.45) is 0 Å². The van der Waals surface area contributed by atoms with E-state index in [4.69, 9.17) is 5.73 Å². The summed E-state index contributed by atoms with van der Waals surface area (Å²) in [4.78, 5) is 12.4. The van der Waals surface area contributed by atoms with Crippen LogP contribution in [0, 0.1) is 0 Å². The summed E-state index contributed by atoms with van der Waals surface area (Å²) >= 11 is 0. The van der Waals surface area contributed by atoms with Crippen LogP contribution in [0.2, 0.25) is 0 Å². The van der Waals surface area contributed by atoms with Gasteiger partial charge in [0.25, 0.3) is 5.91 Å². The third-order valence-electron chi connectivity index (χ3n) is 4.13. The van der Waals surface area contributed by atoms with Gasteiger partial charge < -0.3 is 15.8 Å². The number of benzene rings is 2. The Morgan fingerprint density at radius 3 is 2.60 bits per heavy atom. The molecule has 3 N–H and O–H groups in total. The molecule has 0 saturated heterocycles. The molecule has 1 aliphatic carbocycles. The summed E-state index contributed by atoms with van der Waals surface area (Å²) in [7, 11) is 0. The number of amides is 1. The minimum absolute atomic E-state index is 0. The number of halogens is 3. The van der Waals surface area contributed by atoms with Crippen LogP contribution < -0.4 is 15.8 Å². The molecule has 2 aromatic rings. The first kappa shape index (κ1) is 19.0. The number of nitrogens with one attached hydrogen (secondary N) is 1. The zero-order chi connectivity index (χ0) is 17.1. The molecule has 0 aliphatic heterocycles. The van der Waals surface area contributed by atoms with Gasteiger partial charge >= 0.3 is 6.61 Å². The van der Waals surface area contributed by atoms with E-state index >= 15 is 0 Å². The van der Waals surface area contributed by atoms with Gasteiger partial charge in [-0.1, -0.05) is 6.07 Å². The molecular weight excluding hydrogens is 350 g/mol. The number of nitrogen functional groups attached to an aromatic ring is 1. The second kappa shape index (κ2) is 8.16. The first-order valence-electron chi connectivity index (χ1n) is 7.77. The maximum absolute atomic E-state index is 12.4. The van der Waals surface area contributed by atoms with Gasteiger partial charge in [0.1, 0.15) is 5.75 Å². The Morgan fingerprint density at radius 2 is 1.92 bits per heavy atom. The molecule has 25 heavy (non-hydrogen) atoms. The number of hydrogen-bond donors (Lipinski definition) is 2. The highest BCUT2D eigenvalue weighted by atomic mass is 35.5. The van der Waals surface area contributed by atoms with E-state index in [9.17, 15) is 13.6 Å². The number of rotatable bonds is 4. The smallest absolute Gasteiger partial charge is 0.387 e. The molecule has 0 bridgehead atoms. The predicted octanol–water partition coefficient (Wildman–Crippen LogP) is 4.10. The average molecular weight is 369 g/mol. The van der Waals surface area contributed by atoms with Gasteiger partial charge in [0.05, 0.1) is 6.04 Å². The zero-order valence-corrected chi connectivity index (χ0v) is 14.2. The third kappa shape index (κ3) is 4.60. The van der Waals surface area contributed by atoms with Gasteiger partial charge in [-0.05, 0) is 66.8 Å². The maximum Gasteiger partial charge on any atom is 0.387 e. The van der Waals surface area contributed by atoms with Crippen molar-refractivity contribution >= 4 is 24.0 Å². The lowest BCUT2D eigenvalue weighted by molar-refractivity contribution is -0.0498. The molecule has 1 atom stereocenters. The number of alkyl halides is 2. The Balaban J connectivity index is 0.00000225. The molecular formula is C18H19ClF2N2O2. The van der Waals surface area contributed by atoms with Crippen LogP contribution in [-0.2, 0) is 6.42 Å². The highest BCUT2D eigenvalue weighted by Crippen LogP contribution is 2.31. The van der Waals surface area contributed by atoms with Crippen LogP contribution >= 0.6 is 12.4 Å². The highest BCUT2D eigenvalue weighted by molar-refractivity contribution is 5.94. The van der Waals surface area contributed by atoms with Crippen LogP contribution in [0.5, 0.6) is 5.75 Å². The molecule has 7 heteroatoms. The van der Waals surface area contributed by atoms with Crippen LogP contribution in [0.4, 0.5) is 14.5 Å². The van der Waals surface area contributed by atoms with Crippen molar-refractivity contribution in [1.82, 2.24) is 5.32 Å². The van der Waals surface area contributed by atoms with Crippen LogP contribution in [-0.4, -0.2) is 12.5 Å². The molecule has 134 valence electrons. The third-order valence-corrected chi connectivity index (χ3v) is 4.13. The van der Waals surface area contributed by atoms with E-state index in [0.29, 0.717) is 5.56 Å². The molecule has 3 rings (SSSR count). The largest absolute Gasteiger partial charge is 0.435 e. The topological polar surface area (TPSA) is 64.3 Å². The van der Waals surface area contributed by atoms with Crippen LogP contribution in [0.15, 0.2) is 42.5 Å². The van der Waals surface area contributed by atoms with Crippen molar-refractivity contribution in [3.05, 3.63) is 59.2 Å². The first-order valence-corrected chi connectivity index (χ1v) is 7.77. The van der Waals surface area contributed by atoms with Gasteiger partial charge in [-0.3, -0.25) is 4.79 Å². The van der Waals surface area contributed by atoms with E-state index in [0.717, 1.165) is 36.1 Å². The summed E-state index contributed by atoms with van der Waals surface area (Å²) in [6.07, 6.45) is 2.78. The summed E-state index contributed by atoms with van der Waals surface area (Å²) in [5, 5.41) is 3.00. The van der Waals surface area contributed by atoms with Crippen molar-refractivity contribution in [2.75, 3.05) is 5.73 Å². The molecule has 2 aromatic carbocycles. The van der Waals surface area contributed by atoms with Crippen LogP contribution in [0.3, 0.4) is 0 Å². The van der Waals surface area contributed by atoms with Gasteiger partial charge in [0, 0.05) is 11.3 Å². The van der Waals surface area contributed by atoms with Gasteiger partial charge in [-0.15, -0.1) is 12.4 Å². The summed E-state index contributed by atoms with van der Waals surface area (Å²) in [6, 6.07) is 11.3. The molecule has 0 aromatic heterocycles. The predicted molar refractivity (Wildman–Crippen MR) is 94.3 cm³/mol. The van der Waals surface area contributed by atoms with E-state index < -0.39 is 6.61 Å². The molecule has 1 unspecified atom stereocenters. The van der Waals surface area contributed by atoms with E-state index in [-0.39, 0.29) is 30.1 Å². The Hall–Kier alpha value is -2.34. The van der Waals surface area contributed by atoms with Gasteiger partial charge in [0.15, 0.2) is 0 Å². The molecule has 0 radical (unpaired) electrons. The number of carbonyl (C=O) groups is 1. The maximum atomic E-state index is 12.4. The fraction of sp³-hybridized carbons (Fsp3) is 0.278. The van der Waals surface area contributed by atoms with Crippen molar-refractivity contribution in [2.45, 2.75) is 31.9 Å². The first-order chi connectivity index (χ1) is 11.5. The average Bonchev–Trinajstić information content (AvgIpc) is 2.55. The van der Waals surface area contributed by atoms with Gasteiger partial charge in [0.2, 0.25) is 0 Å². The summed E-state index contributed by atoms with van der Waals surface area (Å²) < 4.78 is 28.6. The number of aryl methyl sites for hydroxylation is 1. The second-order valence-corrected chi connectivity index (χ2v) is 5.78. The molecule has 0 heterocycles. The Kier molecular flexibility index (Phi) is 6.20. The minimum Gasteiger partial charge on any atom is -0.435 e. The molecule has 0 spiro atoms. The van der Waals surface area contributed by atoms with E-state index in [1.807, 2.05) is 18.2 Å². The van der Waals surface area contributed by atoms with Crippen LogP contribution in [0.1, 0.15) is 40.4 Å². The number of nitrogens with two attached hydrogens (primary N) is 1. The summed E-state index contributed by atoms with van der Waals surface area (Å²) in [6.45, 7) is -2.88. The molecule has 1 aliphatic rings. The highest BCUT2D eigenvalue weighted by Gasteiger charge is 2.22. The van der Waals surface area contributed by atoms with Crippen molar-refractivity contribution in [3.63, 3.8) is 0 Å². The van der Waals surface area contributed by atoms with E-state index in [1.54, 1.807) is 0 Å². The molecule has 0 fully saturated rings. The number of anilines is 1. The quantitative estimate of drug-likeness (QED) is 0.798. The Morgan fingerprint density at radius 1 is 1.20 bits per heavy atom. The molecule has 0 saturated carbocycles. The Bertz CT molecular complexity index is 738. The summed E-state index contributed by atoms with van der Waals surface area (Å²) in [5.41, 5.74) is 9.18. The van der Waals surface area contributed by atoms with Crippen molar-refractivity contribution in [1.29, 1.82) is 0 Å². The second-order valence-electron chi connectivity index (χ2n) is 5.78. The number of carbonyl (C=O) groups excluding carboxylic acids is 1. The van der Waals surface area contributed by atoms with Gasteiger partial charge in [-0.2, -0.15) is 8.78 Å². The number of hydrogen-bond acceptors (Lipinski definition) is 3. The lowest BCUT2D eigenvalue weighted by atomic mass is 9.87.